The molecule has 8 atom stereocenters. The van der Waals surface area contributed by atoms with E-state index in [1.807, 2.05) is 13.8 Å². The fourth-order valence-electron chi connectivity index (χ4n) is 7.68. The lowest BCUT2D eigenvalue weighted by Gasteiger charge is -2.40. The highest BCUT2D eigenvalue weighted by Gasteiger charge is 2.42. The lowest BCUT2D eigenvalue weighted by Crippen LogP contribution is -2.57. The molecule has 10 nitrogen and oxygen atoms in total. The second kappa shape index (κ2) is 15.3. The van der Waals surface area contributed by atoms with Gasteiger partial charge in [0.25, 0.3) is 0 Å². The van der Waals surface area contributed by atoms with Gasteiger partial charge >= 0.3 is 12.3 Å². The number of piperazine rings is 1. The maximum Gasteiger partial charge on any atom is 0.416 e. The van der Waals surface area contributed by atoms with Crippen molar-refractivity contribution in [2.75, 3.05) is 31.3 Å². The SMILES string of the molecule is COC(=O)N[C@H](C(=O)Nc1cccc(C(F)(F)F)c1CC[C@H]1CN[C@@H]2CCCS(=O)(=O)N1C2)[C@@H](c1ccc(F)cc1)C1C[C@@H](C)O[C@@H](C)C1. The molecule has 49 heavy (non-hydrogen) atoms. The zero-order valence-electron chi connectivity index (χ0n) is 27.8. The average Bonchev–Trinajstić information content (AvgIpc) is 3.15. The molecule has 3 N–H and O–H groups in total. The fourth-order valence-corrected chi connectivity index (χ4v) is 9.49. The van der Waals surface area contributed by atoms with Gasteiger partial charge in [-0.2, -0.15) is 17.5 Å². The molecule has 2 aromatic carbocycles. The van der Waals surface area contributed by atoms with Crippen molar-refractivity contribution in [3.05, 3.63) is 65.0 Å². The summed E-state index contributed by atoms with van der Waals surface area (Å²) in [5, 5.41) is 8.60. The highest BCUT2D eigenvalue weighted by atomic mass is 32.2. The van der Waals surface area contributed by atoms with E-state index in [-0.39, 0.29) is 60.6 Å². The summed E-state index contributed by atoms with van der Waals surface area (Å²) in [6.07, 6.45) is -3.97. The third-order valence-corrected chi connectivity index (χ3v) is 11.8. The van der Waals surface area contributed by atoms with Crippen LogP contribution in [0.1, 0.15) is 68.6 Å². The van der Waals surface area contributed by atoms with Crippen molar-refractivity contribution < 1.29 is 45.0 Å². The van der Waals surface area contributed by atoms with E-state index in [9.17, 15) is 35.6 Å². The summed E-state index contributed by atoms with van der Waals surface area (Å²) < 4.78 is 95.6. The van der Waals surface area contributed by atoms with E-state index in [0.29, 0.717) is 37.8 Å². The van der Waals surface area contributed by atoms with Crippen LogP contribution in [0.5, 0.6) is 0 Å². The first-order valence-electron chi connectivity index (χ1n) is 16.6. The van der Waals surface area contributed by atoms with Gasteiger partial charge in [-0.1, -0.05) is 18.2 Å². The minimum absolute atomic E-state index is 0.0131. The molecule has 3 fully saturated rings. The number of methoxy groups -OCH3 is 1. The van der Waals surface area contributed by atoms with Gasteiger partial charge in [-0.3, -0.25) is 4.79 Å². The predicted octanol–water partition coefficient (Wildman–Crippen LogP) is 5.19. The van der Waals surface area contributed by atoms with Crippen LogP contribution in [0.3, 0.4) is 0 Å². The van der Waals surface area contributed by atoms with Crippen LogP contribution in [0.25, 0.3) is 0 Å². The molecule has 3 aliphatic heterocycles. The standard InChI is InChI=1S/C34H44F4N4O6S/c1-20-16-23(17-21(2)48-20)30(22-9-11-24(35)12-10-22)31(41-33(44)47-3)32(43)40-29-8-4-7-28(34(36,37)38)27(29)14-13-26-18-39-25-6-5-15-49(45,46)42(26)19-25/h4,7-12,20-21,23,25-26,30-31,39H,5-6,13-19H2,1-3H3,(H,40,43)(H,41,44)/t20-,21+,23?,25-,26+,30+,31+/m1/s1. The lowest BCUT2D eigenvalue weighted by atomic mass is 9.74. The van der Waals surface area contributed by atoms with E-state index in [1.54, 1.807) is 0 Å². The van der Waals surface area contributed by atoms with Crippen molar-refractivity contribution in [1.29, 1.82) is 0 Å². The lowest BCUT2D eigenvalue weighted by molar-refractivity contribution is -0.138. The molecule has 3 aliphatic rings. The fraction of sp³-hybridized carbons (Fsp3) is 0.588. The van der Waals surface area contributed by atoms with Crippen LogP contribution in [0.4, 0.5) is 28.0 Å². The topological polar surface area (TPSA) is 126 Å². The Labute approximate surface area is 284 Å². The molecular weight excluding hydrogens is 668 g/mol. The molecule has 15 heteroatoms. The van der Waals surface area contributed by atoms with Gasteiger partial charge in [0.2, 0.25) is 15.9 Å². The van der Waals surface area contributed by atoms with Gasteiger partial charge in [0, 0.05) is 36.8 Å². The number of alkyl carbamates (subject to hydrolysis) is 1. The summed E-state index contributed by atoms with van der Waals surface area (Å²) in [6, 6.07) is 7.12. The second-order valence-corrected chi connectivity index (χ2v) is 15.4. The molecule has 2 amide bonds. The molecule has 2 unspecified atom stereocenters. The van der Waals surface area contributed by atoms with Crippen molar-refractivity contribution in [2.45, 2.75) is 94.8 Å². The van der Waals surface area contributed by atoms with E-state index in [4.69, 9.17) is 9.47 Å². The third-order valence-electron chi connectivity index (χ3n) is 9.83. The number of alkyl halides is 3. The number of ether oxygens (including phenoxy) is 2. The molecule has 0 spiro atoms. The van der Waals surface area contributed by atoms with Gasteiger partial charge in [0.05, 0.1) is 30.6 Å². The van der Waals surface area contributed by atoms with Crippen molar-refractivity contribution in [3.63, 3.8) is 0 Å². The maximum atomic E-state index is 14.4. The molecule has 3 heterocycles. The quantitative estimate of drug-likeness (QED) is 0.306. The molecule has 2 aromatic rings. The average molecular weight is 713 g/mol. The van der Waals surface area contributed by atoms with Crippen LogP contribution in [0.15, 0.2) is 42.5 Å². The van der Waals surface area contributed by atoms with Gasteiger partial charge in [0.1, 0.15) is 11.9 Å². The number of hydrogen-bond acceptors (Lipinski definition) is 7. The van der Waals surface area contributed by atoms with Gasteiger partial charge in [0.15, 0.2) is 0 Å². The maximum absolute atomic E-state index is 14.4. The molecule has 5 rings (SSSR count). The Bertz CT molecular complexity index is 1580. The van der Waals surface area contributed by atoms with Gasteiger partial charge in [-0.25, -0.2) is 17.6 Å². The molecule has 0 saturated carbocycles. The number of amides is 2. The van der Waals surface area contributed by atoms with Gasteiger partial charge in [-0.05, 0) is 93.7 Å². The molecule has 3 saturated heterocycles. The van der Waals surface area contributed by atoms with E-state index in [2.05, 4.69) is 16.0 Å². The van der Waals surface area contributed by atoms with Crippen molar-refractivity contribution in [3.8, 4) is 0 Å². The van der Waals surface area contributed by atoms with Crippen LogP contribution in [-0.2, 0) is 36.9 Å². The molecule has 0 aromatic heterocycles. The first-order valence-corrected chi connectivity index (χ1v) is 18.3. The summed E-state index contributed by atoms with van der Waals surface area (Å²) in [4.78, 5) is 26.9. The zero-order valence-corrected chi connectivity index (χ0v) is 28.6. The number of halogens is 4. The van der Waals surface area contributed by atoms with E-state index in [1.165, 1.54) is 40.7 Å². The van der Waals surface area contributed by atoms with E-state index >= 15 is 0 Å². The Hall–Kier alpha value is -3.27. The minimum Gasteiger partial charge on any atom is -0.453 e. The number of rotatable bonds is 9. The van der Waals surface area contributed by atoms with Crippen LogP contribution in [0, 0.1) is 11.7 Å². The van der Waals surface area contributed by atoms with Gasteiger partial charge < -0.3 is 25.4 Å². The van der Waals surface area contributed by atoms with Gasteiger partial charge in [-0.15, -0.1) is 0 Å². The van der Waals surface area contributed by atoms with Crippen molar-refractivity contribution in [1.82, 2.24) is 14.9 Å². The van der Waals surface area contributed by atoms with Crippen LogP contribution < -0.4 is 16.0 Å². The Morgan fingerprint density at radius 3 is 2.45 bits per heavy atom. The van der Waals surface area contributed by atoms with E-state index < -0.39 is 57.6 Å². The number of nitrogens with one attached hydrogen (secondary N) is 3. The Balaban J connectivity index is 1.49. The smallest absolute Gasteiger partial charge is 0.416 e. The molecule has 0 radical (unpaired) electrons. The molecule has 0 aliphatic carbocycles. The highest BCUT2D eigenvalue weighted by Crippen LogP contribution is 2.40. The summed E-state index contributed by atoms with van der Waals surface area (Å²) >= 11 is 0. The normalized spacial score (nSPS) is 28.1. The number of nitrogens with zero attached hydrogens (tertiary/aromatic N) is 1. The number of benzene rings is 2. The van der Waals surface area contributed by atoms with Crippen molar-refractivity contribution >= 4 is 27.7 Å². The number of sulfonamides is 1. The summed E-state index contributed by atoms with van der Waals surface area (Å²) in [7, 11) is -2.45. The Morgan fingerprint density at radius 1 is 1.10 bits per heavy atom. The largest absolute Gasteiger partial charge is 0.453 e. The van der Waals surface area contributed by atoms with E-state index in [0.717, 1.165) is 13.2 Å². The first kappa shape index (κ1) is 37.0. The third kappa shape index (κ3) is 8.91. The Kier molecular flexibility index (Phi) is 11.6. The molecule has 270 valence electrons. The number of fused-ring (bicyclic) bond motifs is 2. The number of anilines is 1. The summed E-state index contributed by atoms with van der Waals surface area (Å²) in [6.45, 7) is 4.33. The number of hydrogen-bond donors (Lipinski definition) is 3. The second-order valence-electron chi connectivity index (χ2n) is 13.3. The summed E-state index contributed by atoms with van der Waals surface area (Å²) in [5.74, 6) is -2.27. The predicted molar refractivity (Wildman–Crippen MR) is 175 cm³/mol. The number of carbonyl (C=O) groups excluding carboxylic acids is 2. The number of carbonyl (C=O) groups is 2. The minimum atomic E-state index is -4.77. The molecular formula is C34H44F4N4O6S. The first-order chi connectivity index (χ1) is 23.2. The van der Waals surface area contributed by atoms with Crippen LogP contribution in [-0.4, -0.2) is 81.0 Å². The summed E-state index contributed by atoms with van der Waals surface area (Å²) in [5.41, 5.74) is -0.704. The van der Waals surface area contributed by atoms with Crippen LogP contribution >= 0.6 is 0 Å². The monoisotopic (exact) mass is 712 g/mol. The van der Waals surface area contributed by atoms with Crippen molar-refractivity contribution in [2.24, 2.45) is 5.92 Å². The highest BCUT2D eigenvalue weighted by molar-refractivity contribution is 7.89. The van der Waals surface area contributed by atoms with Crippen LogP contribution in [0.2, 0.25) is 0 Å². The Morgan fingerprint density at radius 2 is 1.80 bits per heavy atom. The zero-order chi connectivity index (χ0) is 35.5. The molecule has 2 bridgehead atoms.